The van der Waals surface area contributed by atoms with Gasteiger partial charge in [-0.25, -0.2) is 14.4 Å². The fourth-order valence-corrected chi connectivity index (χ4v) is 2.70. The molecule has 1 aliphatic heterocycles. The fourth-order valence-electron chi connectivity index (χ4n) is 2.70. The van der Waals surface area contributed by atoms with Crippen LogP contribution in [0, 0.1) is 11.7 Å². The average Bonchev–Trinajstić information content (AvgIpc) is 2.45. The van der Waals surface area contributed by atoms with Gasteiger partial charge in [0.05, 0.1) is 5.69 Å². The molecule has 1 aliphatic rings. The molecule has 110 valence electrons. The zero-order valence-corrected chi connectivity index (χ0v) is 11.8. The summed E-state index contributed by atoms with van der Waals surface area (Å²) in [6.45, 7) is 3.40. The third-order valence-corrected chi connectivity index (χ3v) is 3.80. The molecule has 20 heavy (non-hydrogen) atoms. The molecule has 0 spiro atoms. The molecule has 1 saturated heterocycles. The number of anilines is 1. The summed E-state index contributed by atoms with van der Waals surface area (Å²) in [6, 6.07) is 0. The first-order valence-corrected chi connectivity index (χ1v) is 7.14. The molecule has 2 rings (SSSR count). The number of carbonyl (C=O) groups is 1. The SMILES string of the molecule is CCc1ncnc(N2CCCC(CCC(N)=O)C2)c1F. The van der Waals surface area contributed by atoms with Crippen LogP contribution in [0.25, 0.3) is 0 Å². The van der Waals surface area contributed by atoms with Gasteiger partial charge in [0.25, 0.3) is 0 Å². The van der Waals surface area contributed by atoms with E-state index in [-0.39, 0.29) is 11.7 Å². The van der Waals surface area contributed by atoms with Crippen LogP contribution in [0.4, 0.5) is 10.2 Å². The highest BCUT2D eigenvalue weighted by molar-refractivity contribution is 5.73. The number of rotatable bonds is 5. The minimum Gasteiger partial charge on any atom is -0.370 e. The van der Waals surface area contributed by atoms with Crippen LogP contribution in [0.2, 0.25) is 0 Å². The number of nitrogens with two attached hydrogens (primary N) is 1. The molecule has 6 heteroatoms. The van der Waals surface area contributed by atoms with Gasteiger partial charge in [0.1, 0.15) is 6.33 Å². The molecule has 5 nitrogen and oxygen atoms in total. The molecule has 0 aromatic carbocycles. The number of piperidine rings is 1. The first-order chi connectivity index (χ1) is 9.61. The molecule has 1 aromatic heterocycles. The predicted octanol–water partition coefficient (Wildman–Crippen LogP) is 1.66. The van der Waals surface area contributed by atoms with Gasteiger partial charge in [-0.3, -0.25) is 4.79 Å². The van der Waals surface area contributed by atoms with E-state index in [0.29, 0.717) is 30.3 Å². The van der Waals surface area contributed by atoms with Crippen molar-refractivity contribution in [3.63, 3.8) is 0 Å². The second kappa shape index (κ2) is 6.63. The first-order valence-electron chi connectivity index (χ1n) is 7.14. The van der Waals surface area contributed by atoms with Gasteiger partial charge in [-0.15, -0.1) is 0 Å². The number of amides is 1. The number of carbonyl (C=O) groups excluding carboxylic acids is 1. The van der Waals surface area contributed by atoms with E-state index in [9.17, 15) is 9.18 Å². The molecule has 2 heterocycles. The van der Waals surface area contributed by atoms with Gasteiger partial charge in [-0.1, -0.05) is 6.92 Å². The summed E-state index contributed by atoms with van der Waals surface area (Å²) >= 11 is 0. The van der Waals surface area contributed by atoms with Crippen LogP contribution in [-0.4, -0.2) is 29.0 Å². The minimum absolute atomic E-state index is 0.274. The van der Waals surface area contributed by atoms with E-state index in [4.69, 9.17) is 5.73 Å². The van der Waals surface area contributed by atoms with Crippen LogP contribution in [-0.2, 0) is 11.2 Å². The Morgan fingerprint density at radius 3 is 3.05 bits per heavy atom. The highest BCUT2D eigenvalue weighted by Crippen LogP contribution is 2.26. The molecule has 0 bridgehead atoms. The summed E-state index contributed by atoms with van der Waals surface area (Å²) in [7, 11) is 0. The standard InChI is InChI=1S/C14H21FN4O/c1-2-11-13(15)14(18-9-17-11)19-7-3-4-10(8-19)5-6-12(16)20/h9-10H,2-8H2,1H3,(H2,16,20). The highest BCUT2D eigenvalue weighted by atomic mass is 19.1. The minimum atomic E-state index is -0.314. The molecule has 1 aromatic rings. The largest absolute Gasteiger partial charge is 0.370 e. The normalized spacial score (nSPS) is 19.1. The van der Waals surface area contributed by atoms with Crippen molar-refractivity contribution in [3.8, 4) is 0 Å². The number of halogens is 1. The molecular weight excluding hydrogens is 259 g/mol. The number of nitrogens with zero attached hydrogens (tertiary/aromatic N) is 3. The van der Waals surface area contributed by atoms with Crippen molar-refractivity contribution >= 4 is 11.7 Å². The third kappa shape index (κ3) is 3.43. The van der Waals surface area contributed by atoms with E-state index in [1.807, 2.05) is 11.8 Å². The molecule has 2 N–H and O–H groups in total. The Bertz CT molecular complexity index is 480. The van der Waals surface area contributed by atoms with Gasteiger partial charge in [0.15, 0.2) is 11.6 Å². The number of primary amides is 1. The van der Waals surface area contributed by atoms with Gasteiger partial charge in [0.2, 0.25) is 5.91 Å². The predicted molar refractivity (Wildman–Crippen MR) is 74.7 cm³/mol. The lowest BCUT2D eigenvalue weighted by atomic mass is 9.93. The summed E-state index contributed by atoms with van der Waals surface area (Å²) in [5.41, 5.74) is 5.64. The Labute approximate surface area is 118 Å². The molecule has 0 radical (unpaired) electrons. The number of hydrogen-bond donors (Lipinski definition) is 1. The van der Waals surface area contributed by atoms with E-state index in [1.165, 1.54) is 6.33 Å². The molecule has 1 amide bonds. The van der Waals surface area contributed by atoms with Crippen LogP contribution in [0.15, 0.2) is 6.33 Å². The number of hydrogen-bond acceptors (Lipinski definition) is 4. The topological polar surface area (TPSA) is 72.1 Å². The second-order valence-electron chi connectivity index (χ2n) is 5.27. The maximum absolute atomic E-state index is 14.3. The fraction of sp³-hybridized carbons (Fsp3) is 0.643. The Balaban J connectivity index is 2.07. The van der Waals surface area contributed by atoms with E-state index >= 15 is 0 Å². The van der Waals surface area contributed by atoms with Crippen molar-refractivity contribution in [3.05, 3.63) is 17.8 Å². The summed E-state index contributed by atoms with van der Waals surface area (Å²) in [6.07, 6.45) is 5.17. The van der Waals surface area contributed by atoms with Crippen LogP contribution >= 0.6 is 0 Å². The van der Waals surface area contributed by atoms with E-state index < -0.39 is 0 Å². The van der Waals surface area contributed by atoms with Crippen LogP contribution in [0.5, 0.6) is 0 Å². The summed E-state index contributed by atoms with van der Waals surface area (Å²) in [5.74, 6) is 0.172. The zero-order chi connectivity index (χ0) is 14.5. The lowest BCUT2D eigenvalue weighted by Crippen LogP contribution is -2.37. The van der Waals surface area contributed by atoms with Gasteiger partial charge >= 0.3 is 0 Å². The lowest BCUT2D eigenvalue weighted by Gasteiger charge is -2.33. The second-order valence-corrected chi connectivity index (χ2v) is 5.27. The van der Waals surface area contributed by atoms with Gasteiger partial charge < -0.3 is 10.6 Å². The third-order valence-electron chi connectivity index (χ3n) is 3.80. The quantitative estimate of drug-likeness (QED) is 0.890. The van der Waals surface area contributed by atoms with Crippen molar-refractivity contribution in [1.29, 1.82) is 0 Å². The lowest BCUT2D eigenvalue weighted by molar-refractivity contribution is -0.118. The molecular formula is C14H21FN4O. The van der Waals surface area contributed by atoms with Crippen molar-refractivity contribution < 1.29 is 9.18 Å². The Kier molecular flexibility index (Phi) is 4.87. The van der Waals surface area contributed by atoms with Gasteiger partial charge in [0, 0.05) is 19.5 Å². The zero-order valence-electron chi connectivity index (χ0n) is 11.8. The van der Waals surface area contributed by atoms with Crippen molar-refractivity contribution in [2.75, 3.05) is 18.0 Å². The summed E-state index contributed by atoms with van der Waals surface area (Å²) in [5, 5.41) is 0. The maximum atomic E-state index is 14.3. The molecule has 1 fully saturated rings. The number of aryl methyl sites for hydroxylation is 1. The van der Waals surface area contributed by atoms with E-state index in [2.05, 4.69) is 9.97 Å². The molecule has 0 saturated carbocycles. The van der Waals surface area contributed by atoms with E-state index in [0.717, 1.165) is 32.4 Å². The summed E-state index contributed by atoms with van der Waals surface area (Å²) < 4.78 is 14.3. The molecule has 1 unspecified atom stereocenters. The monoisotopic (exact) mass is 280 g/mol. The Hall–Kier alpha value is -1.72. The Morgan fingerprint density at radius 2 is 2.35 bits per heavy atom. The van der Waals surface area contributed by atoms with Crippen molar-refractivity contribution in [1.82, 2.24) is 9.97 Å². The summed E-state index contributed by atoms with van der Waals surface area (Å²) in [4.78, 5) is 20.9. The molecule has 1 atom stereocenters. The number of aromatic nitrogens is 2. The maximum Gasteiger partial charge on any atom is 0.217 e. The smallest absolute Gasteiger partial charge is 0.217 e. The van der Waals surface area contributed by atoms with Crippen molar-refractivity contribution in [2.24, 2.45) is 11.7 Å². The van der Waals surface area contributed by atoms with E-state index in [1.54, 1.807) is 0 Å². The highest BCUT2D eigenvalue weighted by Gasteiger charge is 2.24. The first kappa shape index (κ1) is 14.7. The van der Waals surface area contributed by atoms with Crippen LogP contribution in [0.1, 0.15) is 38.3 Å². The van der Waals surface area contributed by atoms with Gasteiger partial charge in [-0.2, -0.15) is 0 Å². The van der Waals surface area contributed by atoms with Crippen LogP contribution in [0.3, 0.4) is 0 Å². The Morgan fingerprint density at radius 1 is 1.55 bits per heavy atom. The average molecular weight is 280 g/mol. The molecule has 0 aliphatic carbocycles. The van der Waals surface area contributed by atoms with Gasteiger partial charge in [-0.05, 0) is 31.6 Å². The van der Waals surface area contributed by atoms with Crippen molar-refractivity contribution in [2.45, 2.75) is 39.0 Å². The van der Waals surface area contributed by atoms with Crippen LogP contribution < -0.4 is 10.6 Å².